The Balaban J connectivity index is 0.797. The maximum absolute atomic E-state index is 14.2. The number of carbonyl (C=O) groups excluding carboxylic acids is 1. The Morgan fingerprint density at radius 2 is 1.06 bits per heavy atom. The molecule has 0 atom stereocenters. The van der Waals surface area contributed by atoms with Gasteiger partial charge in [-0.3, -0.25) is 4.79 Å². The molecule has 334 valence electrons. The van der Waals surface area contributed by atoms with Crippen molar-refractivity contribution in [3.05, 3.63) is 214 Å². The Bertz CT molecular complexity index is 4210. The van der Waals surface area contributed by atoms with E-state index < -0.39 is 10.8 Å². The molecule has 3 aliphatic rings. The first-order valence-corrected chi connectivity index (χ1v) is 24.4. The summed E-state index contributed by atoms with van der Waals surface area (Å²) in [4.78, 5) is 16.4. The van der Waals surface area contributed by atoms with E-state index in [0.717, 1.165) is 66.9 Å². The molecule has 0 amide bonds. The fourth-order valence-corrected chi connectivity index (χ4v) is 12.0. The highest BCUT2D eigenvalue weighted by atomic mass is 16.3. The van der Waals surface area contributed by atoms with E-state index in [0.29, 0.717) is 13.1 Å². The van der Waals surface area contributed by atoms with Gasteiger partial charge in [-0.25, -0.2) is 0 Å². The lowest BCUT2D eigenvalue weighted by Crippen LogP contribution is -2.35. The molecule has 70 heavy (non-hydrogen) atoms. The number of likely N-dealkylation sites (N-methyl/N-ethyl adjacent to an activating group) is 1. The lowest BCUT2D eigenvalue weighted by atomic mass is 9.77. The summed E-state index contributed by atoms with van der Waals surface area (Å²) in [6, 6.07) is 51.9. The zero-order valence-electron chi connectivity index (χ0n) is 40.1. The molecule has 0 radical (unpaired) electrons. The van der Waals surface area contributed by atoms with Gasteiger partial charge in [0, 0.05) is 74.5 Å². The summed E-state index contributed by atoms with van der Waals surface area (Å²) in [5.41, 5.74) is 9.60. The maximum Gasteiger partial charge on any atom is 0.209 e. The van der Waals surface area contributed by atoms with Crippen LogP contribution in [0.2, 0.25) is 0 Å². The number of carbonyl (C=O) groups is 1. The number of rotatable bonds is 4. The van der Waals surface area contributed by atoms with Gasteiger partial charge in [0.2, 0.25) is 5.69 Å². The van der Waals surface area contributed by atoms with Crippen molar-refractivity contribution in [2.45, 2.75) is 52.4 Å². The number of nitrogens with zero attached hydrogens (tertiary/aromatic N) is 2. The van der Waals surface area contributed by atoms with E-state index in [4.69, 9.17) is 0 Å². The summed E-state index contributed by atoms with van der Waals surface area (Å²) >= 11 is 0. The molecule has 0 N–H and O–H groups in total. The van der Waals surface area contributed by atoms with E-state index >= 15 is 0 Å². The minimum Gasteiger partial charge on any atom is -0.871 e. The summed E-state index contributed by atoms with van der Waals surface area (Å²) < 4.78 is 2.23. The van der Waals surface area contributed by atoms with Crippen molar-refractivity contribution in [3.63, 3.8) is 0 Å². The van der Waals surface area contributed by atoms with Gasteiger partial charge in [-0.1, -0.05) is 140 Å². The summed E-state index contributed by atoms with van der Waals surface area (Å²) in [5.74, 6) is 13.6. The smallest absolute Gasteiger partial charge is 0.209 e. The first-order chi connectivity index (χ1) is 33.9. The number of ketones is 1. The molecule has 0 saturated carbocycles. The largest absolute Gasteiger partial charge is 0.871 e. The molecule has 1 aliphatic carbocycles. The zero-order valence-corrected chi connectivity index (χ0v) is 40.1. The number of allylic oxidation sites excluding steroid dienone is 5. The van der Waals surface area contributed by atoms with Crippen LogP contribution in [0.4, 0.5) is 11.4 Å². The Hall–Kier alpha value is -8.44. The third-order valence-corrected chi connectivity index (χ3v) is 15.7. The van der Waals surface area contributed by atoms with E-state index in [1.165, 1.54) is 53.9 Å². The van der Waals surface area contributed by atoms with Crippen molar-refractivity contribution in [1.82, 2.24) is 0 Å². The quantitative estimate of drug-likeness (QED) is 0.0765. The summed E-state index contributed by atoms with van der Waals surface area (Å²) in [5, 5.41) is 29.0. The van der Waals surface area contributed by atoms with Crippen molar-refractivity contribution in [1.29, 1.82) is 0 Å². The van der Waals surface area contributed by atoms with Crippen molar-refractivity contribution >= 4 is 87.5 Å². The van der Waals surface area contributed by atoms with Crippen molar-refractivity contribution in [2.24, 2.45) is 0 Å². The predicted molar refractivity (Wildman–Crippen MR) is 288 cm³/mol. The van der Waals surface area contributed by atoms with Gasteiger partial charge < -0.3 is 10.0 Å². The second-order valence-corrected chi connectivity index (χ2v) is 20.2. The highest BCUT2D eigenvalue weighted by Crippen LogP contribution is 2.50. The lowest BCUT2D eigenvalue weighted by molar-refractivity contribution is -0.433. The minimum atomic E-state index is -0.480. The Morgan fingerprint density at radius 3 is 1.59 bits per heavy atom. The Labute approximate surface area is 407 Å². The van der Waals surface area contributed by atoms with Gasteiger partial charge in [-0.05, 0) is 146 Å². The van der Waals surface area contributed by atoms with Crippen LogP contribution in [0.3, 0.4) is 0 Å². The molecule has 13 rings (SSSR count). The monoisotopic (exact) mass is 900 g/mol. The van der Waals surface area contributed by atoms with Gasteiger partial charge in [-0.15, -0.1) is 0 Å². The van der Waals surface area contributed by atoms with Crippen LogP contribution in [-0.4, -0.2) is 29.2 Å². The molecular formula is C66H48N2O2. The standard InChI is InChI=1S/C66H48N2O2/c1-7-67-55-33-17-39(15-19-41-21-23-47-27-25-43-11-9-13-45-29-31-49(41)61(47)59(43)45)35-53(55)65(3,4)57(67)37-51-63(69)52(64(51)70)38-58-66(5,6)54-36-40(18-34-56(54)68(58)8-2)16-20-42-22-24-48-28-26-44-12-10-14-46-30-32-50(42)62(48)60(44)46/h9-14,17-18,21-38H,7-8H2,1-6H3. The molecule has 4 heteroatoms. The van der Waals surface area contributed by atoms with Crippen LogP contribution in [0.1, 0.15) is 74.9 Å². The van der Waals surface area contributed by atoms with Crippen LogP contribution in [0.15, 0.2) is 180 Å². The molecule has 2 aliphatic heterocycles. The molecular weight excluding hydrogens is 853 g/mol. The summed E-state index contributed by atoms with van der Waals surface area (Å²) in [6.07, 6.45) is 3.70. The second kappa shape index (κ2) is 15.0. The summed E-state index contributed by atoms with van der Waals surface area (Å²) in [7, 11) is 0. The van der Waals surface area contributed by atoms with Crippen molar-refractivity contribution in [2.75, 3.05) is 18.0 Å². The fourth-order valence-electron chi connectivity index (χ4n) is 12.0. The van der Waals surface area contributed by atoms with Gasteiger partial charge in [0.15, 0.2) is 11.5 Å². The first-order valence-electron chi connectivity index (χ1n) is 24.4. The van der Waals surface area contributed by atoms with Gasteiger partial charge >= 0.3 is 0 Å². The van der Waals surface area contributed by atoms with E-state index in [1.54, 1.807) is 0 Å². The van der Waals surface area contributed by atoms with Crippen LogP contribution in [-0.2, 0) is 15.6 Å². The predicted octanol–water partition coefficient (Wildman–Crippen LogP) is 13.5. The maximum atomic E-state index is 14.2. The second-order valence-electron chi connectivity index (χ2n) is 20.2. The molecule has 10 aromatic rings. The van der Waals surface area contributed by atoms with Gasteiger partial charge in [0.25, 0.3) is 0 Å². The van der Waals surface area contributed by atoms with Crippen LogP contribution in [0.25, 0.3) is 64.6 Å². The molecule has 10 aromatic carbocycles. The minimum absolute atomic E-state index is 0.213. The van der Waals surface area contributed by atoms with Crippen LogP contribution >= 0.6 is 0 Å². The van der Waals surface area contributed by atoms with E-state index in [9.17, 15) is 9.90 Å². The molecule has 0 bridgehead atoms. The highest BCUT2D eigenvalue weighted by Gasteiger charge is 2.46. The normalized spacial score (nSPS) is 17.1. The van der Waals surface area contributed by atoms with Crippen LogP contribution < -0.4 is 10.0 Å². The molecule has 4 nitrogen and oxygen atoms in total. The Kier molecular flexibility index (Phi) is 8.96. The average Bonchev–Trinajstić information content (AvgIpc) is 3.73. The third kappa shape index (κ3) is 5.93. The molecule has 0 spiro atoms. The van der Waals surface area contributed by atoms with Crippen LogP contribution in [0.5, 0.6) is 0 Å². The lowest BCUT2D eigenvalue weighted by Gasteiger charge is -2.32. The van der Waals surface area contributed by atoms with E-state index in [2.05, 4.69) is 220 Å². The molecule has 0 unspecified atom stereocenters. The molecule has 2 heterocycles. The number of Topliss-reactive ketones (excluding diaryl/α,β-unsaturated/α-hetero) is 1. The van der Waals surface area contributed by atoms with Crippen molar-refractivity contribution < 1.29 is 14.5 Å². The van der Waals surface area contributed by atoms with Crippen LogP contribution in [0, 0.1) is 23.7 Å². The zero-order chi connectivity index (χ0) is 47.8. The number of hydrogen-bond donors (Lipinski definition) is 0. The SMILES string of the molecule is CCN1/C(=C/C2=C([O-])C(=C/C3=[N+](CC)c4ccc(C#Cc5ccc6ccc7cccc8ccc5c6c78)cc4C3(C)C)/C2=O)C(C)(C)c2cc(C#Cc3ccc4ccc5cccc6ccc3c4c56)ccc21. The number of anilines is 1. The fraction of sp³-hybridized carbons (Fsp3) is 0.152. The summed E-state index contributed by atoms with van der Waals surface area (Å²) in [6.45, 7) is 14.3. The number of hydrogen-bond acceptors (Lipinski definition) is 3. The number of benzene rings is 10. The van der Waals surface area contributed by atoms with E-state index in [1.807, 2.05) is 12.2 Å². The van der Waals surface area contributed by atoms with Gasteiger partial charge in [0.05, 0.1) is 5.41 Å². The highest BCUT2D eigenvalue weighted by molar-refractivity contribution is 6.26. The van der Waals surface area contributed by atoms with E-state index in [-0.39, 0.29) is 22.7 Å². The third-order valence-electron chi connectivity index (χ3n) is 15.7. The average molecular weight is 901 g/mol. The molecule has 0 aromatic heterocycles. The van der Waals surface area contributed by atoms with Crippen molar-refractivity contribution in [3.8, 4) is 23.7 Å². The molecule has 0 fully saturated rings. The Morgan fingerprint density at radius 1 is 0.557 bits per heavy atom. The van der Waals surface area contributed by atoms with Gasteiger partial charge in [0.1, 0.15) is 6.54 Å². The first kappa shape index (κ1) is 41.7. The topological polar surface area (TPSA) is 46.4 Å². The molecule has 0 saturated heterocycles. The number of fused-ring (bicyclic) bond motifs is 2. The van der Waals surface area contributed by atoms with Gasteiger partial charge in [-0.2, -0.15) is 4.58 Å².